The fraction of sp³-hybridized carbons (Fsp3) is 0.636. The van der Waals surface area contributed by atoms with Crippen molar-refractivity contribution in [2.75, 3.05) is 0 Å². The molecule has 70 valence electrons. The molecule has 0 radical (unpaired) electrons. The molecule has 0 aromatic heterocycles. The second-order valence-electron chi connectivity index (χ2n) is 4.30. The largest absolute Gasteiger partial charge is 0.299 e. The molecule has 0 aromatic rings. The quantitative estimate of drug-likeness (QED) is 0.567. The van der Waals surface area contributed by atoms with Crippen LogP contribution in [0.15, 0.2) is 12.2 Å². The van der Waals surface area contributed by atoms with Gasteiger partial charge in [0.15, 0.2) is 5.78 Å². The Morgan fingerprint density at radius 2 is 2.23 bits per heavy atom. The van der Waals surface area contributed by atoms with Gasteiger partial charge in [-0.1, -0.05) is 6.08 Å². The predicted octanol–water partition coefficient (Wildman–Crippen LogP) is 1.89. The van der Waals surface area contributed by atoms with Gasteiger partial charge in [0.25, 0.3) is 0 Å². The molecule has 0 amide bonds. The molecule has 1 saturated carbocycles. The summed E-state index contributed by atoms with van der Waals surface area (Å²) in [6, 6.07) is 0. The molecule has 2 rings (SSSR count). The molecule has 0 spiro atoms. The van der Waals surface area contributed by atoms with Crippen LogP contribution in [-0.4, -0.2) is 11.6 Å². The Bertz CT molecular complexity index is 290. The Kier molecular flexibility index (Phi) is 1.86. The zero-order valence-corrected chi connectivity index (χ0v) is 7.88. The second kappa shape index (κ2) is 2.79. The number of allylic oxidation sites excluding steroid dienone is 2. The first kappa shape index (κ1) is 8.67. The van der Waals surface area contributed by atoms with E-state index in [9.17, 15) is 9.59 Å². The Labute approximate surface area is 78.0 Å². The van der Waals surface area contributed by atoms with Crippen molar-refractivity contribution in [3.63, 3.8) is 0 Å². The van der Waals surface area contributed by atoms with Gasteiger partial charge in [0, 0.05) is 18.3 Å². The molecule has 2 aliphatic carbocycles. The maximum absolute atomic E-state index is 11.7. The van der Waals surface area contributed by atoms with Crippen molar-refractivity contribution in [3.8, 4) is 0 Å². The summed E-state index contributed by atoms with van der Waals surface area (Å²) in [4.78, 5) is 22.9. The molecule has 0 saturated heterocycles. The number of hydrogen-bond acceptors (Lipinski definition) is 2. The lowest BCUT2D eigenvalue weighted by Gasteiger charge is -2.39. The molecule has 1 fully saturated rings. The van der Waals surface area contributed by atoms with Crippen LogP contribution in [-0.2, 0) is 9.59 Å². The van der Waals surface area contributed by atoms with E-state index in [1.54, 1.807) is 6.08 Å². The van der Waals surface area contributed by atoms with Crippen LogP contribution < -0.4 is 0 Å². The lowest BCUT2D eigenvalue weighted by atomic mass is 9.63. The third kappa shape index (κ3) is 1.25. The van der Waals surface area contributed by atoms with Crippen molar-refractivity contribution in [2.24, 2.45) is 11.3 Å². The highest BCUT2D eigenvalue weighted by Crippen LogP contribution is 2.43. The number of hydrogen-bond donors (Lipinski definition) is 0. The molecule has 2 aliphatic rings. The maximum Gasteiger partial charge on any atom is 0.155 e. The SMILES string of the molecule is C[C@]12C=CC(=O)C[C@@H]1CCCC2=O. The van der Waals surface area contributed by atoms with Gasteiger partial charge in [-0.15, -0.1) is 0 Å². The van der Waals surface area contributed by atoms with Gasteiger partial charge in [-0.25, -0.2) is 0 Å². The molecule has 2 heteroatoms. The maximum atomic E-state index is 11.7. The number of carbonyl (C=O) groups excluding carboxylic acids is 2. The van der Waals surface area contributed by atoms with Crippen LogP contribution in [0.1, 0.15) is 32.6 Å². The Morgan fingerprint density at radius 3 is 3.00 bits per heavy atom. The number of ketones is 2. The molecule has 13 heavy (non-hydrogen) atoms. The van der Waals surface area contributed by atoms with Crippen LogP contribution in [0.5, 0.6) is 0 Å². The summed E-state index contributed by atoms with van der Waals surface area (Å²) in [5, 5.41) is 0. The summed E-state index contributed by atoms with van der Waals surface area (Å²) in [6.45, 7) is 1.97. The summed E-state index contributed by atoms with van der Waals surface area (Å²) in [7, 11) is 0. The van der Waals surface area contributed by atoms with Crippen LogP contribution in [0.25, 0.3) is 0 Å². The zero-order valence-electron chi connectivity index (χ0n) is 7.88. The number of fused-ring (bicyclic) bond motifs is 1. The van der Waals surface area contributed by atoms with Crippen LogP contribution in [0.3, 0.4) is 0 Å². The van der Waals surface area contributed by atoms with E-state index in [0.29, 0.717) is 18.6 Å². The molecule has 0 bridgehead atoms. The van der Waals surface area contributed by atoms with Crippen LogP contribution in [0.2, 0.25) is 0 Å². The Balaban J connectivity index is 2.35. The topological polar surface area (TPSA) is 34.1 Å². The van der Waals surface area contributed by atoms with Crippen LogP contribution >= 0.6 is 0 Å². The van der Waals surface area contributed by atoms with Gasteiger partial charge in [0.1, 0.15) is 5.78 Å². The van der Waals surface area contributed by atoms with Gasteiger partial charge in [-0.3, -0.25) is 9.59 Å². The fourth-order valence-corrected chi connectivity index (χ4v) is 2.43. The predicted molar refractivity (Wildman–Crippen MR) is 49.2 cm³/mol. The van der Waals surface area contributed by atoms with Crippen LogP contribution in [0, 0.1) is 11.3 Å². The molecule has 0 aromatic carbocycles. The van der Waals surface area contributed by atoms with Gasteiger partial charge < -0.3 is 0 Å². The third-order valence-electron chi connectivity index (χ3n) is 3.47. The summed E-state index contributed by atoms with van der Waals surface area (Å²) in [5.41, 5.74) is -0.327. The van der Waals surface area contributed by atoms with Crippen molar-refractivity contribution in [2.45, 2.75) is 32.6 Å². The van der Waals surface area contributed by atoms with Crippen molar-refractivity contribution in [1.29, 1.82) is 0 Å². The number of rotatable bonds is 0. The summed E-state index contributed by atoms with van der Waals surface area (Å²) in [6.07, 6.45) is 6.65. The summed E-state index contributed by atoms with van der Waals surface area (Å²) >= 11 is 0. The van der Waals surface area contributed by atoms with E-state index in [-0.39, 0.29) is 17.1 Å². The average molecular weight is 178 g/mol. The molecule has 0 N–H and O–H groups in total. The second-order valence-corrected chi connectivity index (χ2v) is 4.30. The van der Waals surface area contributed by atoms with Gasteiger partial charge in [0.05, 0.1) is 0 Å². The van der Waals surface area contributed by atoms with E-state index >= 15 is 0 Å². The lowest BCUT2D eigenvalue weighted by Crippen LogP contribution is -2.40. The summed E-state index contributed by atoms with van der Waals surface area (Å²) < 4.78 is 0. The molecule has 0 heterocycles. The minimum Gasteiger partial charge on any atom is -0.299 e. The highest BCUT2D eigenvalue weighted by molar-refractivity contribution is 5.96. The van der Waals surface area contributed by atoms with Crippen molar-refractivity contribution in [3.05, 3.63) is 12.2 Å². The fourth-order valence-electron chi connectivity index (χ4n) is 2.43. The Hall–Kier alpha value is -0.920. The molecule has 2 nitrogen and oxygen atoms in total. The standard InChI is InChI=1S/C11H14O2/c1-11-6-5-9(12)7-8(11)3-2-4-10(11)13/h5-6,8H,2-4,7H2,1H3/t8-,11-/m0/s1. The highest BCUT2D eigenvalue weighted by Gasteiger charge is 2.43. The van der Waals surface area contributed by atoms with E-state index in [1.807, 2.05) is 13.0 Å². The molecule has 2 atom stereocenters. The first-order valence-corrected chi connectivity index (χ1v) is 4.88. The van der Waals surface area contributed by atoms with Crippen molar-refractivity contribution >= 4 is 11.6 Å². The molecule has 0 aliphatic heterocycles. The van der Waals surface area contributed by atoms with Gasteiger partial charge >= 0.3 is 0 Å². The monoisotopic (exact) mass is 178 g/mol. The van der Waals surface area contributed by atoms with E-state index in [2.05, 4.69) is 0 Å². The van der Waals surface area contributed by atoms with E-state index in [0.717, 1.165) is 12.8 Å². The first-order chi connectivity index (χ1) is 6.13. The molecular formula is C11H14O2. The normalized spacial score (nSPS) is 39.0. The highest BCUT2D eigenvalue weighted by atomic mass is 16.1. The smallest absolute Gasteiger partial charge is 0.155 e. The Morgan fingerprint density at radius 1 is 1.46 bits per heavy atom. The third-order valence-corrected chi connectivity index (χ3v) is 3.47. The van der Waals surface area contributed by atoms with E-state index < -0.39 is 0 Å². The van der Waals surface area contributed by atoms with Gasteiger partial charge in [0.2, 0.25) is 0 Å². The van der Waals surface area contributed by atoms with Gasteiger partial charge in [-0.2, -0.15) is 0 Å². The minimum atomic E-state index is -0.327. The van der Waals surface area contributed by atoms with Crippen LogP contribution in [0.4, 0.5) is 0 Å². The molecular weight excluding hydrogens is 164 g/mol. The van der Waals surface area contributed by atoms with E-state index in [1.165, 1.54) is 0 Å². The van der Waals surface area contributed by atoms with Crippen molar-refractivity contribution < 1.29 is 9.59 Å². The van der Waals surface area contributed by atoms with Crippen molar-refractivity contribution in [1.82, 2.24) is 0 Å². The van der Waals surface area contributed by atoms with E-state index in [4.69, 9.17) is 0 Å². The minimum absolute atomic E-state index is 0.178. The lowest BCUT2D eigenvalue weighted by molar-refractivity contribution is -0.132. The zero-order chi connectivity index (χ0) is 9.47. The van der Waals surface area contributed by atoms with Gasteiger partial charge in [-0.05, 0) is 31.8 Å². The average Bonchev–Trinajstić information content (AvgIpc) is 2.09. The number of carbonyl (C=O) groups is 2. The summed E-state index contributed by atoms with van der Waals surface area (Å²) in [5.74, 6) is 0.760. The first-order valence-electron chi connectivity index (χ1n) is 4.88. The number of Topliss-reactive ketones (excluding diaryl/α,β-unsaturated/α-hetero) is 1. The molecule has 0 unspecified atom stereocenters.